The summed E-state index contributed by atoms with van der Waals surface area (Å²) in [6.45, 7) is 0.988. The highest BCUT2D eigenvalue weighted by atomic mass is 16.5. The second kappa shape index (κ2) is 3.62. The van der Waals surface area contributed by atoms with Gasteiger partial charge < -0.3 is 19.8 Å². The van der Waals surface area contributed by atoms with Gasteiger partial charge in [-0.05, 0) is 31.5 Å². The predicted molar refractivity (Wildman–Crippen MR) is 77.6 cm³/mol. The van der Waals surface area contributed by atoms with Crippen LogP contribution >= 0.6 is 0 Å². The number of phenols is 1. The topological polar surface area (TPSA) is 52.9 Å². The summed E-state index contributed by atoms with van der Waals surface area (Å²) in [5.41, 5.74) is 2.29. The minimum Gasteiger partial charge on any atom is -0.504 e. The number of aliphatic hydroxyl groups excluding tert-OH is 1. The van der Waals surface area contributed by atoms with Crippen molar-refractivity contribution in [3.05, 3.63) is 35.4 Å². The molecular formula is C17H19NO3. The van der Waals surface area contributed by atoms with Crippen LogP contribution < -0.4 is 4.74 Å². The molecule has 4 nitrogen and oxygen atoms in total. The van der Waals surface area contributed by atoms with Crippen LogP contribution in [0, 0.1) is 5.92 Å². The summed E-state index contributed by atoms with van der Waals surface area (Å²) in [7, 11) is 2.19. The molecule has 0 radical (unpaired) electrons. The zero-order chi connectivity index (χ0) is 14.4. The Hall–Kier alpha value is -1.52. The number of rotatable bonds is 0. The zero-order valence-electron chi connectivity index (χ0n) is 12.0. The van der Waals surface area contributed by atoms with Gasteiger partial charge in [0, 0.05) is 29.5 Å². The molecule has 0 aromatic heterocycles. The Morgan fingerprint density at radius 3 is 3.05 bits per heavy atom. The zero-order valence-corrected chi connectivity index (χ0v) is 12.0. The standard InChI is InChI=1S/C17H19NO3/c1-18-8-10-3-5-13(20)16-17(10)7-11(18)6-9-2-4-12(19)15(21-16)14(9)17/h2-5,10-11,13,16,19-20H,6-8H2,1H3/t10?,11?,13-,16-,17-/m0/s1. The number of hydrogen-bond acceptors (Lipinski definition) is 4. The number of likely N-dealkylation sites (N-methyl/N-ethyl adjacent to an activating group) is 1. The van der Waals surface area contributed by atoms with Crippen LogP contribution in [0.4, 0.5) is 0 Å². The molecule has 21 heavy (non-hydrogen) atoms. The molecule has 1 saturated heterocycles. The van der Waals surface area contributed by atoms with E-state index < -0.39 is 6.10 Å². The second-order valence-corrected chi connectivity index (χ2v) is 7.01. The van der Waals surface area contributed by atoms with Gasteiger partial charge in [0.1, 0.15) is 12.2 Å². The van der Waals surface area contributed by atoms with Gasteiger partial charge in [0.25, 0.3) is 0 Å². The van der Waals surface area contributed by atoms with E-state index in [2.05, 4.69) is 18.0 Å². The molecule has 0 saturated carbocycles. The molecule has 4 heteroatoms. The van der Waals surface area contributed by atoms with Crippen LogP contribution in [-0.4, -0.2) is 47.0 Å². The molecule has 2 aliphatic carbocycles. The summed E-state index contributed by atoms with van der Waals surface area (Å²) in [6.07, 6.45) is 5.18. The van der Waals surface area contributed by atoms with E-state index in [1.165, 1.54) is 11.1 Å². The van der Waals surface area contributed by atoms with Crippen LogP contribution in [0.5, 0.6) is 11.5 Å². The fraction of sp³-hybridized carbons (Fsp3) is 0.529. The Labute approximate surface area is 123 Å². The number of benzene rings is 1. The molecule has 110 valence electrons. The summed E-state index contributed by atoms with van der Waals surface area (Å²) in [5.74, 6) is 1.17. The number of ether oxygens (including phenoxy) is 1. The van der Waals surface area contributed by atoms with E-state index in [1.807, 2.05) is 12.1 Å². The van der Waals surface area contributed by atoms with Gasteiger partial charge in [-0.25, -0.2) is 0 Å². The van der Waals surface area contributed by atoms with Gasteiger partial charge in [0.2, 0.25) is 0 Å². The van der Waals surface area contributed by atoms with Crippen molar-refractivity contribution in [1.29, 1.82) is 0 Å². The van der Waals surface area contributed by atoms with E-state index in [4.69, 9.17) is 4.74 Å². The predicted octanol–water partition coefficient (Wildman–Crippen LogP) is 1.20. The average Bonchev–Trinajstić information content (AvgIpc) is 2.83. The molecule has 1 aromatic carbocycles. The second-order valence-electron chi connectivity index (χ2n) is 7.01. The summed E-state index contributed by atoms with van der Waals surface area (Å²) >= 11 is 0. The third-order valence-corrected chi connectivity index (χ3v) is 6.09. The van der Waals surface area contributed by atoms with Gasteiger partial charge in [-0.2, -0.15) is 0 Å². The van der Waals surface area contributed by atoms with Crippen molar-refractivity contribution >= 4 is 0 Å². The fourth-order valence-corrected chi connectivity index (χ4v) is 5.16. The summed E-state index contributed by atoms with van der Waals surface area (Å²) < 4.78 is 6.09. The van der Waals surface area contributed by atoms with Crippen LogP contribution in [-0.2, 0) is 11.8 Å². The Balaban J connectivity index is 1.83. The van der Waals surface area contributed by atoms with E-state index in [9.17, 15) is 10.2 Å². The Bertz CT molecular complexity index is 670. The lowest BCUT2D eigenvalue weighted by atomic mass is 9.55. The molecule has 4 aliphatic rings. The summed E-state index contributed by atoms with van der Waals surface area (Å²) in [6, 6.07) is 4.27. The summed E-state index contributed by atoms with van der Waals surface area (Å²) in [4.78, 5) is 2.43. The molecule has 2 aliphatic heterocycles. The normalized spacial score (nSPS) is 42.6. The fourth-order valence-electron chi connectivity index (χ4n) is 5.16. The Morgan fingerprint density at radius 2 is 2.19 bits per heavy atom. The van der Waals surface area contributed by atoms with Gasteiger partial charge in [-0.3, -0.25) is 0 Å². The average molecular weight is 285 g/mol. The minimum atomic E-state index is -0.594. The van der Waals surface area contributed by atoms with E-state index >= 15 is 0 Å². The molecular weight excluding hydrogens is 266 g/mol. The molecule has 5 atom stereocenters. The Morgan fingerprint density at radius 1 is 1.33 bits per heavy atom. The number of phenolic OH excluding ortho intramolecular Hbond substituents is 1. The first-order valence-corrected chi connectivity index (χ1v) is 7.70. The van der Waals surface area contributed by atoms with Gasteiger partial charge >= 0.3 is 0 Å². The quantitative estimate of drug-likeness (QED) is 0.703. The van der Waals surface area contributed by atoms with Crippen LogP contribution in [0.2, 0.25) is 0 Å². The number of hydrogen-bond donors (Lipinski definition) is 2. The van der Waals surface area contributed by atoms with Crippen molar-refractivity contribution < 1.29 is 14.9 Å². The van der Waals surface area contributed by atoms with Crippen LogP contribution in [0.3, 0.4) is 0 Å². The largest absolute Gasteiger partial charge is 0.504 e. The van der Waals surface area contributed by atoms with Crippen molar-refractivity contribution in [2.45, 2.75) is 36.5 Å². The van der Waals surface area contributed by atoms with Gasteiger partial charge in [0.05, 0.1) is 0 Å². The smallest absolute Gasteiger partial charge is 0.165 e. The minimum absolute atomic E-state index is 0.160. The van der Waals surface area contributed by atoms with Gasteiger partial charge in [0.15, 0.2) is 11.5 Å². The lowest BCUT2D eigenvalue weighted by Gasteiger charge is -2.55. The Kier molecular flexibility index (Phi) is 2.08. The van der Waals surface area contributed by atoms with Crippen molar-refractivity contribution in [3.8, 4) is 11.5 Å². The highest BCUT2D eigenvalue weighted by Gasteiger charge is 2.63. The van der Waals surface area contributed by atoms with Gasteiger partial charge in [-0.1, -0.05) is 18.2 Å². The maximum Gasteiger partial charge on any atom is 0.165 e. The van der Waals surface area contributed by atoms with E-state index in [-0.39, 0.29) is 17.3 Å². The van der Waals surface area contributed by atoms with Crippen molar-refractivity contribution in [2.24, 2.45) is 5.92 Å². The molecule has 1 spiro atoms. The third-order valence-electron chi connectivity index (χ3n) is 6.09. The van der Waals surface area contributed by atoms with E-state index in [1.54, 1.807) is 6.07 Å². The monoisotopic (exact) mass is 285 g/mol. The number of nitrogens with zero attached hydrogens (tertiary/aromatic N) is 1. The maximum atomic E-state index is 10.4. The number of likely N-dealkylation sites (tertiary alicyclic amines) is 1. The van der Waals surface area contributed by atoms with Crippen molar-refractivity contribution in [1.82, 2.24) is 4.90 Å². The molecule has 1 aromatic rings. The molecule has 5 rings (SSSR count). The lowest BCUT2D eigenvalue weighted by Crippen LogP contribution is -2.63. The van der Waals surface area contributed by atoms with Gasteiger partial charge in [-0.15, -0.1) is 0 Å². The van der Waals surface area contributed by atoms with Crippen LogP contribution in [0.25, 0.3) is 0 Å². The van der Waals surface area contributed by atoms with E-state index in [0.29, 0.717) is 17.7 Å². The molecule has 2 N–H and O–H groups in total. The molecule has 2 unspecified atom stereocenters. The lowest BCUT2D eigenvalue weighted by molar-refractivity contribution is -0.0405. The highest BCUT2D eigenvalue weighted by molar-refractivity contribution is 5.61. The number of aromatic hydroxyl groups is 1. The van der Waals surface area contributed by atoms with Crippen molar-refractivity contribution in [2.75, 3.05) is 13.6 Å². The summed E-state index contributed by atoms with van der Waals surface area (Å²) in [5, 5.41) is 20.6. The third kappa shape index (κ3) is 1.25. The maximum absolute atomic E-state index is 10.4. The van der Waals surface area contributed by atoms with Crippen LogP contribution in [0.1, 0.15) is 17.5 Å². The first kappa shape index (κ1) is 12.1. The van der Waals surface area contributed by atoms with Crippen LogP contribution in [0.15, 0.2) is 24.3 Å². The molecule has 2 bridgehead atoms. The number of piperidine rings is 1. The SMILES string of the molecule is CN1CC2C=C[C@H](O)[C@@H]3Oc4c(O)ccc5c4[C@]23CC1C5. The number of fused-ring (bicyclic) bond motifs is 1. The highest BCUT2D eigenvalue weighted by Crippen LogP contribution is 2.61. The molecule has 0 amide bonds. The molecule has 2 heterocycles. The first-order valence-electron chi connectivity index (χ1n) is 7.70. The van der Waals surface area contributed by atoms with E-state index in [0.717, 1.165) is 19.4 Å². The number of aliphatic hydroxyl groups is 1. The molecule has 1 fully saturated rings. The van der Waals surface area contributed by atoms with Crippen molar-refractivity contribution in [3.63, 3.8) is 0 Å². The first-order chi connectivity index (χ1) is 10.1.